The number of nitrogens with zero attached hydrogens (tertiary/aromatic N) is 1. The highest BCUT2D eigenvalue weighted by Gasteiger charge is 2.16. The van der Waals surface area contributed by atoms with Gasteiger partial charge in [-0.1, -0.05) is 31.2 Å². The van der Waals surface area contributed by atoms with Crippen LogP contribution in [0.2, 0.25) is 0 Å². The third-order valence-electron chi connectivity index (χ3n) is 4.58. The van der Waals surface area contributed by atoms with Gasteiger partial charge in [0.1, 0.15) is 0 Å². The van der Waals surface area contributed by atoms with Gasteiger partial charge < -0.3 is 10.3 Å². The lowest BCUT2D eigenvalue weighted by Gasteiger charge is -2.19. The minimum absolute atomic E-state index is 0.0366. The van der Waals surface area contributed by atoms with Gasteiger partial charge in [0, 0.05) is 18.3 Å². The van der Waals surface area contributed by atoms with Crippen molar-refractivity contribution in [1.29, 1.82) is 0 Å². The highest BCUT2D eigenvalue weighted by molar-refractivity contribution is 5.38. The Morgan fingerprint density at radius 1 is 1.18 bits per heavy atom. The van der Waals surface area contributed by atoms with Gasteiger partial charge in [-0.3, -0.25) is 4.79 Å². The van der Waals surface area contributed by atoms with Gasteiger partial charge in [-0.15, -0.1) is 0 Å². The standard InChI is InChI=1S/C19H24N2O/c1-2-11-21-12-5-8-17(19(21)22)18(20)16-10-9-14-6-3-4-7-15(14)13-16/h5,8-10,12-13,18H,2-4,6-7,11,20H2,1H3. The molecule has 1 aliphatic rings. The molecule has 0 radical (unpaired) electrons. The van der Waals surface area contributed by atoms with Crippen molar-refractivity contribution in [2.45, 2.75) is 51.6 Å². The maximum atomic E-state index is 12.5. The first kappa shape index (κ1) is 15.0. The Hall–Kier alpha value is -1.87. The van der Waals surface area contributed by atoms with Crippen molar-refractivity contribution in [3.05, 3.63) is 69.1 Å². The number of hydrogen-bond donors (Lipinski definition) is 1. The molecule has 3 nitrogen and oxygen atoms in total. The molecule has 22 heavy (non-hydrogen) atoms. The number of fused-ring (bicyclic) bond motifs is 1. The number of aryl methyl sites for hydroxylation is 3. The quantitative estimate of drug-likeness (QED) is 0.942. The summed E-state index contributed by atoms with van der Waals surface area (Å²) in [6, 6.07) is 9.92. The van der Waals surface area contributed by atoms with Crippen molar-refractivity contribution in [2.24, 2.45) is 5.73 Å². The van der Waals surface area contributed by atoms with Gasteiger partial charge >= 0.3 is 0 Å². The lowest BCUT2D eigenvalue weighted by atomic mass is 9.88. The molecule has 1 unspecified atom stereocenters. The van der Waals surface area contributed by atoms with Gasteiger partial charge in [0.15, 0.2) is 0 Å². The Kier molecular flexibility index (Phi) is 4.44. The molecular weight excluding hydrogens is 272 g/mol. The Bertz CT molecular complexity index is 718. The average molecular weight is 296 g/mol. The fourth-order valence-corrected chi connectivity index (χ4v) is 3.34. The molecule has 1 aromatic heterocycles. The zero-order chi connectivity index (χ0) is 15.5. The van der Waals surface area contributed by atoms with Crippen molar-refractivity contribution in [3.63, 3.8) is 0 Å². The molecule has 1 heterocycles. The predicted octanol–water partition coefficient (Wildman–Crippen LogP) is 3.19. The van der Waals surface area contributed by atoms with Crippen molar-refractivity contribution in [2.75, 3.05) is 0 Å². The fourth-order valence-electron chi connectivity index (χ4n) is 3.34. The third kappa shape index (κ3) is 2.86. The Labute approximate surface area is 131 Å². The van der Waals surface area contributed by atoms with E-state index in [1.54, 1.807) is 4.57 Å². The molecule has 2 aromatic rings. The SMILES string of the molecule is CCCn1cccc(C(N)c2ccc3c(c2)CCCC3)c1=O. The molecule has 2 N–H and O–H groups in total. The van der Waals surface area contributed by atoms with Crippen LogP contribution in [0.25, 0.3) is 0 Å². The van der Waals surface area contributed by atoms with Gasteiger partial charge in [-0.25, -0.2) is 0 Å². The summed E-state index contributed by atoms with van der Waals surface area (Å²) in [5, 5.41) is 0. The summed E-state index contributed by atoms with van der Waals surface area (Å²) in [4.78, 5) is 12.5. The van der Waals surface area contributed by atoms with Crippen LogP contribution in [0.3, 0.4) is 0 Å². The van der Waals surface area contributed by atoms with E-state index in [2.05, 4.69) is 25.1 Å². The minimum atomic E-state index is -0.343. The Morgan fingerprint density at radius 3 is 2.73 bits per heavy atom. The molecule has 0 fully saturated rings. The summed E-state index contributed by atoms with van der Waals surface area (Å²) >= 11 is 0. The molecule has 3 heteroatoms. The minimum Gasteiger partial charge on any atom is -0.320 e. The number of hydrogen-bond acceptors (Lipinski definition) is 2. The second kappa shape index (κ2) is 6.49. The first-order chi connectivity index (χ1) is 10.7. The van der Waals surface area contributed by atoms with Crippen LogP contribution in [-0.4, -0.2) is 4.57 Å². The number of rotatable bonds is 4. The van der Waals surface area contributed by atoms with Crippen LogP contribution in [0.1, 0.15) is 54.5 Å². The monoisotopic (exact) mass is 296 g/mol. The summed E-state index contributed by atoms with van der Waals surface area (Å²) < 4.78 is 1.76. The number of nitrogens with two attached hydrogens (primary N) is 1. The molecule has 3 rings (SSSR count). The van der Waals surface area contributed by atoms with Crippen molar-refractivity contribution in [1.82, 2.24) is 4.57 Å². The fraction of sp³-hybridized carbons (Fsp3) is 0.421. The van der Waals surface area contributed by atoms with E-state index in [0.29, 0.717) is 5.56 Å². The summed E-state index contributed by atoms with van der Waals surface area (Å²) in [5.41, 5.74) is 11.0. The van der Waals surface area contributed by atoms with E-state index < -0.39 is 0 Å². The van der Waals surface area contributed by atoms with E-state index in [1.165, 1.54) is 30.4 Å². The number of benzene rings is 1. The molecule has 1 aliphatic carbocycles. The first-order valence-electron chi connectivity index (χ1n) is 8.27. The van der Waals surface area contributed by atoms with E-state index in [9.17, 15) is 4.79 Å². The van der Waals surface area contributed by atoms with Crippen LogP contribution in [-0.2, 0) is 19.4 Å². The number of pyridine rings is 1. The summed E-state index contributed by atoms with van der Waals surface area (Å²) in [6.07, 6.45) is 7.61. The second-order valence-corrected chi connectivity index (χ2v) is 6.18. The lowest BCUT2D eigenvalue weighted by Crippen LogP contribution is -2.28. The van der Waals surface area contributed by atoms with E-state index in [-0.39, 0.29) is 11.6 Å². The summed E-state index contributed by atoms with van der Waals surface area (Å²) in [5.74, 6) is 0. The third-order valence-corrected chi connectivity index (χ3v) is 4.58. The van der Waals surface area contributed by atoms with Gasteiger partial charge in [-0.05, 0) is 54.9 Å². The van der Waals surface area contributed by atoms with Gasteiger partial charge in [0.25, 0.3) is 5.56 Å². The zero-order valence-electron chi connectivity index (χ0n) is 13.2. The van der Waals surface area contributed by atoms with Crippen LogP contribution < -0.4 is 11.3 Å². The van der Waals surface area contributed by atoms with E-state index in [0.717, 1.165) is 24.9 Å². The molecule has 116 valence electrons. The van der Waals surface area contributed by atoms with E-state index in [1.807, 2.05) is 18.3 Å². The van der Waals surface area contributed by atoms with Gasteiger partial charge in [0.05, 0.1) is 6.04 Å². The molecular formula is C19H24N2O. The van der Waals surface area contributed by atoms with Crippen molar-refractivity contribution < 1.29 is 0 Å². The zero-order valence-corrected chi connectivity index (χ0v) is 13.2. The van der Waals surface area contributed by atoms with Crippen LogP contribution >= 0.6 is 0 Å². The maximum absolute atomic E-state index is 12.5. The second-order valence-electron chi connectivity index (χ2n) is 6.18. The Balaban J connectivity index is 1.95. The molecule has 1 aromatic carbocycles. The lowest BCUT2D eigenvalue weighted by molar-refractivity contribution is 0.640. The van der Waals surface area contributed by atoms with Crippen molar-refractivity contribution in [3.8, 4) is 0 Å². The highest BCUT2D eigenvalue weighted by Crippen LogP contribution is 2.25. The maximum Gasteiger partial charge on any atom is 0.255 e. The first-order valence-corrected chi connectivity index (χ1v) is 8.27. The molecule has 0 amide bonds. The average Bonchev–Trinajstić information content (AvgIpc) is 2.56. The van der Waals surface area contributed by atoms with Crippen molar-refractivity contribution >= 4 is 0 Å². The van der Waals surface area contributed by atoms with Gasteiger partial charge in [-0.2, -0.15) is 0 Å². The number of aromatic nitrogens is 1. The molecule has 0 bridgehead atoms. The molecule has 0 aliphatic heterocycles. The van der Waals surface area contributed by atoms with Gasteiger partial charge in [0.2, 0.25) is 0 Å². The smallest absolute Gasteiger partial charge is 0.255 e. The van der Waals surface area contributed by atoms with Crippen LogP contribution in [0.4, 0.5) is 0 Å². The normalized spacial score (nSPS) is 15.4. The van der Waals surface area contributed by atoms with E-state index in [4.69, 9.17) is 5.73 Å². The Morgan fingerprint density at radius 2 is 1.95 bits per heavy atom. The van der Waals surface area contributed by atoms with Crippen LogP contribution in [0.15, 0.2) is 41.3 Å². The molecule has 1 atom stereocenters. The largest absolute Gasteiger partial charge is 0.320 e. The van der Waals surface area contributed by atoms with Crippen LogP contribution in [0.5, 0.6) is 0 Å². The molecule has 0 saturated heterocycles. The predicted molar refractivity (Wildman–Crippen MR) is 90.1 cm³/mol. The topological polar surface area (TPSA) is 48.0 Å². The summed E-state index contributed by atoms with van der Waals surface area (Å²) in [7, 11) is 0. The molecule has 0 spiro atoms. The highest BCUT2D eigenvalue weighted by atomic mass is 16.1. The van der Waals surface area contributed by atoms with E-state index >= 15 is 0 Å². The molecule has 0 saturated carbocycles. The summed E-state index contributed by atoms with van der Waals surface area (Å²) in [6.45, 7) is 2.81. The van der Waals surface area contributed by atoms with Crippen LogP contribution in [0, 0.1) is 0 Å².